The molecule has 1 aliphatic heterocycles. The van der Waals surface area contributed by atoms with Crippen molar-refractivity contribution < 1.29 is 0 Å². The summed E-state index contributed by atoms with van der Waals surface area (Å²) in [6, 6.07) is 0. The van der Waals surface area contributed by atoms with Crippen molar-refractivity contribution in [2.75, 3.05) is 13.1 Å². The highest BCUT2D eigenvalue weighted by molar-refractivity contribution is 5.97. The Balaban J connectivity index is 2.49. The molecule has 1 rings (SSSR count). The lowest BCUT2D eigenvalue weighted by Crippen LogP contribution is -2.64. The lowest BCUT2D eigenvalue weighted by molar-refractivity contribution is 0.182. The molecule has 5 heteroatoms. The van der Waals surface area contributed by atoms with Crippen molar-refractivity contribution in [2.45, 2.75) is 84.7 Å². The van der Waals surface area contributed by atoms with Gasteiger partial charge >= 0.3 is 0 Å². The molecule has 0 aromatic rings. The average molecular weight is 310 g/mol. The van der Waals surface area contributed by atoms with Gasteiger partial charge in [-0.15, -0.1) is 0 Å². The van der Waals surface area contributed by atoms with Gasteiger partial charge in [0.05, 0.1) is 0 Å². The maximum Gasteiger partial charge on any atom is 0.223 e. The first-order chi connectivity index (χ1) is 10.5. The van der Waals surface area contributed by atoms with Gasteiger partial charge in [-0.25, -0.2) is 0 Å². The average Bonchev–Trinajstić information content (AvgIpc) is 2.44. The minimum Gasteiger partial charge on any atom is -0.369 e. The van der Waals surface area contributed by atoms with Crippen LogP contribution in [0.3, 0.4) is 0 Å². The predicted octanol–water partition coefficient (Wildman–Crippen LogP) is 3.46. The zero-order chi connectivity index (χ0) is 16.4. The molecule has 0 aliphatic carbocycles. The van der Waals surface area contributed by atoms with Crippen LogP contribution in [-0.4, -0.2) is 35.6 Å². The van der Waals surface area contributed by atoms with Crippen molar-refractivity contribution in [3.05, 3.63) is 0 Å². The Labute approximate surface area is 136 Å². The topological polar surface area (TPSA) is 66.0 Å². The van der Waals surface area contributed by atoms with E-state index in [0.29, 0.717) is 11.9 Å². The van der Waals surface area contributed by atoms with Crippen molar-refractivity contribution in [1.29, 1.82) is 0 Å². The van der Waals surface area contributed by atoms with Gasteiger partial charge in [-0.1, -0.05) is 52.4 Å². The standard InChI is InChI=1S/C17H35N5/c1-5-7-9-10-11-12-14-22-15(18)20-16(19-13-8-6-2)21-17(22,3)4/h5-14H2,1-4H3,(H3,18,19,20,21). The molecule has 3 N–H and O–H groups in total. The molecule has 0 aromatic carbocycles. The number of unbranched alkanes of at least 4 members (excludes halogenated alkanes) is 6. The fourth-order valence-corrected chi connectivity index (χ4v) is 2.69. The SMILES string of the molecule is CCCCCCCCN1C(N)=NC(=NCCCC)NC1(C)C. The molecule has 1 aliphatic rings. The van der Waals surface area contributed by atoms with Gasteiger partial charge in [0.2, 0.25) is 11.9 Å². The molecule has 5 nitrogen and oxygen atoms in total. The van der Waals surface area contributed by atoms with Gasteiger partial charge in [0.1, 0.15) is 5.66 Å². The van der Waals surface area contributed by atoms with Gasteiger partial charge in [-0.05, 0) is 26.7 Å². The second-order valence-corrected chi connectivity index (χ2v) is 6.63. The van der Waals surface area contributed by atoms with Crippen LogP contribution in [0.1, 0.15) is 79.1 Å². The minimum atomic E-state index is -0.222. The van der Waals surface area contributed by atoms with Crippen LogP contribution in [0.4, 0.5) is 0 Å². The molecule has 0 atom stereocenters. The molecule has 0 aromatic heterocycles. The Morgan fingerprint density at radius 1 is 1.05 bits per heavy atom. The molecule has 0 saturated heterocycles. The van der Waals surface area contributed by atoms with Gasteiger partial charge in [0.15, 0.2) is 0 Å². The Bertz CT molecular complexity index is 373. The van der Waals surface area contributed by atoms with Crippen LogP contribution in [0.5, 0.6) is 0 Å². The van der Waals surface area contributed by atoms with E-state index in [-0.39, 0.29) is 5.66 Å². The number of nitrogens with one attached hydrogen (secondary N) is 1. The van der Waals surface area contributed by atoms with Crippen LogP contribution in [0, 0.1) is 0 Å². The zero-order valence-corrected chi connectivity index (χ0v) is 15.0. The molecule has 0 amide bonds. The summed E-state index contributed by atoms with van der Waals surface area (Å²) >= 11 is 0. The van der Waals surface area contributed by atoms with E-state index in [2.05, 4.69) is 47.9 Å². The fourth-order valence-electron chi connectivity index (χ4n) is 2.69. The molecule has 0 saturated carbocycles. The van der Waals surface area contributed by atoms with E-state index in [4.69, 9.17) is 5.73 Å². The molecule has 0 spiro atoms. The third-order valence-corrected chi connectivity index (χ3v) is 4.10. The van der Waals surface area contributed by atoms with E-state index in [1.54, 1.807) is 0 Å². The molecule has 0 radical (unpaired) electrons. The first-order valence-corrected chi connectivity index (χ1v) is 8.95. The summed E-state index contributed by atoms with van der Waals surface area (Å²) in [5.74, 6) is 1.27. The van der Waals surface area contributed by atoms with Gasteiger partial charge in [0.25, 0.3) is 0 Å². The number of hydrogen-bond acceptors (Lipinski definition) is 3. The molecular weight excluding hydrogens is 274 g/mol. The van der Waals surface area contributed by atoms with Crippen molar-refractivity contribution in [3.8, 4) is 0 Å². The third-order valence-electron chi connectivity index (χ3n) is 4.10. The lowest BCUT2D eigenvalue weighted by atomic mass is 10.1. The van der Waals surface area contributed by atoms with E-state index in [9.17, 15) is 0 Å². The number of hydrogen-bond donors (Lipinski definition) is 2. The van der Waals surface area contributed by atoms with Gasteiger partial charge < -0.3 is 16.0 Å². The third kappa shape index (κ3) is 6.24. The van der Waals surface area contributed by atoms with Crippen molar-refractivity contribution >= 4 is 11.9 Å². The zero-order valence-electron chi connectivity index (χ0n) is 15.0. The summed E-state index contributed by atoms with van der Waals surface area (Å²) in [5.41, 5.74) is 5.94. The molecule has 1 heterocycles. The van der Waals surface area contributed by atoms with Gasteiger partial charge in [-0.3, -0.25) is 4.99 Å². The number of nitrogens with two attached hydrogens (primary N) is 1. The number of nitrogens with zero attached hydrogens (tertiary/aromatic N) is 3. The number of aliphatic imine (C=N–C) groups is 2. The lowest BCUT2D eigenvalue weighted by Gasteiger charge is -2.43. The Morgan fingerprint density at radius 3 is 2.32 bits per heavy atom. The second kappa shape index (κ2) is 9.70. The quantitative estimate of drug-likeness (QED) is 0.607. The first-order valence-electron chi connectivity index (χ1n) is 8.95. The Morgan fingerprint density at radius 2 is 1.68 bits per heavy atom. The first kappa shape index (κ1) is 18.8. The summed E-state index contributed by atoms with van der Waals surface area (Å²) < 4.78 is 0. The fraction of sp³-hybridized carbons (Fsp3) is 0.882. The highest BCUT2D eigenvalue weighted by atomic mass is 15.4. The number of guanidine groups is 2. The molecule has 0 unspecified atom stereocenters. The summed E-state index contributed by atoms with van der Waals surface area (Å²) in [7, 11) is 0. The molecule has 0 fully saturated rings. The van der Waals surface area contributed by atoms with E-state index in [1.807, 2.05) is 0 Å². The predicted molar refractivity (Wildman–Crippen MR) is 96.1 cm³/mol. The molecular formula is C17H35N5. The normalized spacial score (nSPS) is 19.2. The maximum atomic E-state index is 6.17. The van der Waals surface area contributed by atoms with Crippen molar-refractivity contribution in [2.24, 2.45) is 15.7 Å². The van der Waals surface area contributed by atoms with Crippen LogP contribution in [-0.2, 0) is 0 Å². The van der Waals surface area contributed by atoms with Gasteiger partial charge in [0, 0.05) is 13.1 Å². The minimum absolute atomic E-state index is 0.222. The monoisotopic (exact) mass is 309 g/mol. The smallest absolute Gasteiger partial charge is 0.223 e. The van der Waals surface area contributed by atoms with Crippen molar-refractivity contribution in [1.82, 2.24) is 10.2 Å². The molecule has 22 heavy (non-hydrogen) atoms. The molecule has 128 valence electrons. The van der Waals surface area contributed by atoms with E-state index in [0.717, 1.165) is 32.4 Å². The largest absolute Gasteiger partial charge is 0.369 e. The summed E-state index contributed by atoms with van der Waals surface area (Å²) in [4.78, 5) is 11.1. The van der Waals surface area contributed by atoms with Crippen LogP contribution < -0.4 is 11.1 Å². The van der Waals surface area contributed by atoms with Crippen LogP contribution in [0.15, 0.2) is 9.98 Å². The van der Waals surface area contributed by atoms with E-state index in [1.165, 1.54) is 32.1 Å². The summed E-state index contributed by atoms with van der Waals surface area (Å²) in [6.45, 7) is 10.5. The Kier molecular flexibility index (Phi) is 8.28. The van der Waals surface area contributed by atoms with Gasteiger partial charge in [-0.2, -0.15) is 4.99 Å². The molecule has 0 bridgehead atoms. The van der Waals surface area contributed by atoms with Crippen LogP contribution >= 0.6 is 0 Å². The highest BCUT2D eigenvalue weighted by Gasteiger charge is 2.32. The van der Waals surface area contributed by atoms with E-state index >= 15 is 0 Å². The second-order valence-electron chi connectivity index (χ2n) is 6.63. The highest BCUT2D eigenvalue weighted by Crippen LogP contribution is 2.17. The Hall–Kier alpha value is -1.26. The van der Waals surface area contributed by atoms with Crippen LogP contribution in [0.25, 0.3) is 0 Å². The summed E-state index contributed by atoms with van der Waals surface area (Å²) in [6.07, 6.45) is 9.95. The maximum absolute atomic E-state index is 6.17. The number of rotatable bonds is 10. The van der Waals surface area contributed by atoms with Crippen LogP contribution in [0.2, 0.25) is 0 Å². The summed E-state index contributed by atoms with van der Waals surface area (Å²) in [5, 5.41) is 3.40. The van der Waals surface area contributed by atoms with E-state index < -0.39 is 0 Å². The van der Waals surface area contributed by atoms with Crippen molar-refractivity contribution in [3.63, 3.8) is 0 Å².